The fourth-order valence-electron chi connectivity index (χ4n) is 1.94. The Hall–Kier alpha value is -2.30. The Morgan fingerprint density at radius 3 is 2.44 bits per heavy atom. The summed E-state index contributed by atoms with van der Waals surface area (Å²) in [7, 11) is 0. The summed E-state index contributed by atoms with van der Waals surface area (Å²) in [6.45, 7) is 2.63. The predicted octanol–water partition coefficient (Wildman–Crippen LogP) is 3.66. The molecular formula is C14H12F5N3O2S. The van der Waals surface area contributed by atoms with Crippen LogP contribution in [0.25, 0.3) is 0 Å². The molecule has 0 bridgehead atoms. The first kappa shape index (κ1) is 19.0. The average molecular weight is 381 g/mol. The number of carbonyl (C=O) groups excluding carboxylic acids is 1. The fourth-order valence-corrected chi connectivity index (χ4v) is 2.50. The van der Waals surface area contributed by atoms with Gasteiger partial charge < -0.3 is 9.64 Å². The van der Waals surface area contributed by atoms with E-state index < -0.39 is 46.6 Å². The van der Waals surface area contributed by atoms with E-state index in [9.17, 15) is 26.7 Å². The van der Waals surface area contributed by atoms with E-state index in [2.05, 4.69) is 10.2 Å². The van der Waals surface area contributed by atoms with Crippen LogP contribution in [-0.4, -0.2) is 28.8 Å². The molecule has 1 heterocycles. The first-order valence-electron chi connectivity index (χ1n) is 6.90. The number of rotatable bonds is 5. The number of aromatic nitrogens is 2. The molecule has 136 valence electrons. The summed E-state index contributed by atoms with van der Waals surface area (Å²) in [6, 6.07) is 2.50. The number of benzene rings is 1. The molecule has 0 atom stereocenters. The summed E-state index contributed by atoms with van der Waals surface area (Å²) in [5, 5.41) is 4.51. The molecule has 0 aliphatic carbocycles. The van der Waals surface area contributed by atoms with Gasteiger partial charge in [-0.25, -0.2) is 8.78 Å². The van der Waals surface area contributed by atoms with Crippen molar-refractivity contribution in [2.75, 3.05) is 11.5 Å². The summed E-state index contributed by atoms with van der Waals surface area (Å²) in [5.41, 5.74) is 0.0933. The number of hydrogen-bond donors (Lipinski definition) is 0. The van der Waals surface area contributed by atoms with Crippen molar-refractivity contribution in [3.8, 4) is 5.19 Å². The fraction of sp³-hybridized carbons (Fsp3) is 0.357. The highest BCUT2D eigenvalue weighted by Crippen LogP contribution is 2.33. The molecule has 0 spiro atoms. The van der Waals surface area contributed by atoms with Crippen molar-refractivity contribution < 1.29 is 31.5 Å². The molecule has 0 aliphatic rings. The van der Waals surface area contributed by atoms with Crippen molar-refractivity contribution in [2.24, 2.45) is 0 Å². The third-order valence-corrected chi connectivity index (χ3v) is 3.82. The van der Waals surface area contributed by atoms with Crippen LogP contribution in [0.15, 0.2) is 18.2 Å². The highest BCUT2D eigenvalue weighted by atomic mass is 32.1. The third kappa shape index (κ3) is 4.62. The highest BCUT2D eigenvalue weighted by Gasteiger charge is 2.36. The normalized spacial score (nSPS) is 11.7. The molecule has 5 nitrogen and oxygen atoms in total. The van der Waals surface area contributed by atoms with Crippen LogP contribution < -0.4 is 9.64 Å². The van der Waals surface area contributed by atoms with E-state index in [1.807, 2.05) is 0 Å². The molecule has 0 fully saturated rings. The number of nitrogens with zero attached hydrogens (tertiary/aromatic N) is 3. The molecule has 0 radical (unpaired) electrons. The number of hydrogen-bond acceptors (Lipinski definition) is 5. The summed E-state index contributed by atoms with van der Waals surface area (Å²) in [6.07, 6.45) is -4.65. The summed E-state index contributed by atoms with van der Waals surface area (Å²) in [5.74, 6) is -2.86. The minimum Gasteiger partial charge on any atom is -0.459 e. The monoisotopic (exact) mass is 381 g/mol. The molecule has 0 unspecified atom stereocenters. The molecule has 0 aliphatic heterocycles. The van der Waals surface area contributed by atoms with E-state index in [-0.39, 0.29) is 17.0 Å². The van der Waals surface area contributed by atoms with E-state index in [0.29, 0.717) is 0 Å². The van der Waals surface area contributed by atoms with Gasteiger partial charge in [0.15, 0.2) is 18.2 Å². The maximum atomic E-state index is 13.4. The zero-order chi connectivity index (χ0) is 18.8. The van der Waals surface area contributed by atoms with Crippen LogP contribution in [0.1, 0.15) is 18.9 Å². The Balaban J connectivity index is 2.10. The van der Waals surface area contributed by atoms with E-state index in [1.165, 1.54) is 6.07 Å². The quantitative estimate of drug-likeness (QED) is 0.742. The van der Waals surface area contributed by atoms with Gasteiger partial charge in [0.25, 0.3) is 11.1 Å². The van der Waals surface area contributed by atoms with Gasteiger partial charge in [0.05, 0.1) is 0 Å². The molecule has 1 aromatic heterocycles. The molecule has 0 saturated carbocycles. The lowest BCUT2D eigenvalue weighted by Crippen LogP contribution is -2.40. The smallest absolute Gasteiger partial charge is 0.445 e. The highest BCUT2D eigenvalue weighted by molar-refractivity contribution is 7.13. The van der Waals surface area contributed by atoms with E-state index in [0.717, 1.165) is 17.0 Å². The lowest BCUT2D eigenvalue weighted by Gasteiger charge is -2.26. The van der Waals surface area contributed by atoms with Gasteiger partial charge in [-0.15, -0.1) is 5.10 Å². The summed E-state index contributed by atoms with van der Waals surface area (Å²) >= 11 is 0.152. The van der Waals surface area contributed by atoms with Crippen LogP contribution in [0.2, 0.25) is 0 Å². The van der Waals surface area contributed by atoms with E-state index in [4.69, 9.17) is 4.74 Å². The Bertz CT molecular complexity index is 763. The van der Waals surface area contributed by atoms with Gasteiger partial charge in [-0.2, -0.15) is 13.2 Å². The van der Waals surface area contributed by atoms with Crippen LogP contribution in [0.3, 0.4) is 0 Å². The second-order valence-electron chi connectivity index (χ2n) is 5.12. The van der Waals surface area contributed by atoms with Crippen molar-refractivity contribution in [3.05, 3.63) is 34.8 Å². The van der Waals surface area contributed by atoms with Crippen LogP contribution in [-0.2, 0) is 11.0 Å². The average Bonchev–Trinajstić information content (AvgIpc) is 2.98. The number of carbonyl (C=O) groups is 1. The Morgan fingerprint density at radius 1 is 1.24 bits per heavy atom. The Labute approximate surface area is 143 Å². The second kappa shape index (κ2) is 7.30. The van der Waals surface area contributed by atoms with Gasteiger partial charge >= 0.3 is 6.18 Å². The Kier molecular flexibility index (Phi) is 5.55. The molecule has 1 amide bonds. The zero-order valence-corrected chi connectivity index (χ0v) is 13.8. The van der Waals surface area contributed by atoms with Gasteiger partial charge in [0.2, 0.25) is 5.01 Å². The number of halogens is 5. The maximum Gasteiger partial charge on any atom is 0.445 e. The summed E-state index contributed by atoms with van der Waals surface area (Å²) < 4.78 is 68.6. The SMILES string of the molecule is CC(C)N(C(=O)COc1nnc(C(F)(F)F)s1)c1ccc(F)c(F)c1. The van der Waals surface area contributed by atoms with Crippen molar-refractivity contribution in [1.82, 2.24) is 10.2 Å². The first-order chi connectivity index (χ1) is 11.6. The topological polar surface area (TPSA) is 55.3 Å². The van der Waals surface area contributed by atoms with Crippen molar-refractivity contribution in [3.63, 3.8) is 0 Å². The van der Waals surface area contributed by atoms with Crippen LogP contribution in [0.5, 0.6) is 5.19 Å². The number of alkyl halides is 3. The molecule has 0 saturated heterocycles. The zero-order valence-electron chi connectivity index (χ0n) is 13.0. The first-order valence-corrected chi connectivity index (χ1v) is 7.72. The van der Waals surface area contributed by atoms with Crippen LogP contribution >= 0.6 is 11.3 Å². The van der Waals surface area contributed by atoms with Crippen LogP contribution in [0.4, 0.5) is 27.6 Å². The molecule has 0 N–H and O–H groups in total. The van der Waals surface area contributed by atoms with E-state index in [1.54, 1.807) is 13.8 Å². The van der Waals surface area contributed by atoms with Gasteiger partial charge in [-0.3, -0.25) is 4.79 Å². The molecule has 11 heteroatoms. The maximum absolute atomic E-state index is 13.4. The minimum absolute atomic E-state index is 0.0933. The standard InChI is InChI=1S/C14H12F5N3O2S/c1-7(2)22(8-3-4-9(15)10(16)5-8)11(23)6-24-13-21-20-12(25-13)14(17,18)19/h3-5,7H,6H2,1-2H3. The molecular weight excluding hydrogens is 369 g/mol. The minimum atomic E-state index is -4.65. The number of ether oxygens (including phenoxy) is 1. The third-order valence-electron chi connectivity index (χ3n) is 2.93. The molecule has 25 heavy (non-hydrogen) atoms. The lowest BCUT2D eigenvalue weighted by atomic mass is 10.2. The lowest BCUT2D eigenvalue weighted by molar-refractivity contribution is -0.138. The van der Waals surface area contributed by atoms with Gasteiger partial charge in [0.1, 0.15) is 0 Å². The largest absolute Gasteiger partial charge is 0.459 e. The number of anilines is 1. The second-order valence-corrected chi connectivity index (χ2v) is 6.06. The van der Waals surface area contributed by atoms with Gasteiger partial charge in [-0.05, 0) is 26.0 Å². The molecule has 2 rings (SSSR count). The van der Waals surface area contributed by atoms with Crippen molar-refractivity contribution in [2.45, 2.75) is 26.1 Å². The van der Waals surface area contributed by atoms with Crippen molar-refractivity contribution >= 4 is 22.9 Å². The Morgan fingerprint density at radius 2 is 1.92 bits per heavy atom. The van der Waals surface area contributed by atoms with Crippen molar-refractivity contribution in [1.29, 1.82) is 0 Å². The van der Waals surface area contributed by atoms with Gasteiger partial charge in [-0.1, -0.05) is 16.4 Å². The summed E-state index contributed by atoms with van der Waals surface area (Å²) in [4.78, 5) is 13.4. The molecule has 2 aromatic rings. The van der Waals surface area contributed by atoms with E-state index >= 15 is 0 Å². The van der Waals surface area contributed by atoms with Gasteiger partial charge in [0, 0.05) is 17.8 Å². The number of amides is 1. The molecule has 1 aromatic carbocycles. The predicted molar refractivity (Wildman–Crippen MR) is 79.4 cm³/mol. The van der Waals surface area contributed by atoms with Crippen LogP contribution in [0, 0.1) is 11.6 Å².